The van der Waals surface area contributed by atoms with E-state index >= 15 is 0 Å². The van der Waals surface area contributed by atoms with Gasteiger partial charge in [0.1, 0.15) is 22.2 Å². The Kier molecular flexibility index (Phi) is 6.73. The standard InChI is InChI=1S/C27H34N4O2S/c1-4-5-23-28-26(25-21-11-6-18(2)16-22(21)34-27(25)29-23)31-14-12-30(13-15-31)24(32)17-19-7-9-20(33-3)10-8-19/h7-10,18H,4-6,11-17H2,1-3H3. The predicted octanol–water partition coefficient (Wildman–Crippen LogP) is 4.67. The minimum atomic E-state index is 0.186. The fourth-order valence-electron chi connectivity index (χ4n) is 5.13. The molecule has 1 aromatic carbocycles. The highest BCUT2D eigenvalue weighted by Crippen LogP contribution is 2.41. The molecule has 0 spiro atoms. The summed E-state index contributed by atoms with van der Waals surface area (Å²) in [5.41, 5.74) is 2.50. The van der Waals surface area contributed by atoms with E-state index in [9.17, 15) is 4.79 Å². The molecule has 1 atom stereocenters. The Hall–Kier alpha value is -2.67. The van der Waals surface area contributed by atoms with E-state index in [0.29, 0.717) is 6.42 Å². The molecule has 1 saturated heterocycles. The van der Waals surface area contributed by atoms with Crippen molar-refractivity contribution >= 4 is 33.3 Å². The van der Waals surface area contributed by atoms with Crippen molar-refractivity contribution in [3.63, 3.8) is 0 Å². The van der Waals surface area contributed by atoms with Crippen LogP contribution >= 0.6 is 11.3 Å². The molecule has 0 saturated carbocycles. The number of carbonyl (C=O) groups is 1. The van der Waals surface area contributed by atoms with E-state index in [1.807, 2.05) is 40.5 Å². The summed E-state index contributed by atoms with van der Waals surface area (Å²) in [6, 6.07) is 7.77. The number of aromatic nitrogens is 2. The van der Waals surface area contributed by atoms with E-state index in [1.165, 1.54) is 22.2 Å². The third-order valence-electron chi connectivity index (χ3n) is 7.10. The van der Waals surface area contributed by atoms with Crippen LogP contribution in [0.2, 0.25) is 0 Å². The van der Waals surface area contributed by atoms with Crippen LogP contribution in [0.5, 0.6) is 5.75 Å². The fourth-order valence-corrected chi connectivity index (χ4v) is 6.52. The summed E-state index contributed by atoms with van der Waals surface area (Å²) in [6.07, 6.45) is 5.90. The number of rotatable bonds is 6. The lowest BCUT2D eigenvalue weighted by Crippen LogP contribution is -2.49. The molecule has 3 aromatic rings. The highest BCUT2D eigenvalue weighted by Gasteiger charge is 2.28. The van der Waals surface area contributed by atoms with Gasteiger partial charge < -0.3 is 14.5 Å². The van der Waals surface area contributed by atoms with Gasteiger partial charge in [0.2, 0.25) is 5.91 Å². The summed E-state index contributed by atoms with van der Waals surface area (Å²) < 4.78 is 5.22. The van der Waals surface area contributed by atoms with Gasteiger partial charge in [-0.1, -0.05) is 26.0 Å². The van der Waals surface area contributed by atoms with Gasteiger partial charge in [-0.25, -0.2) is 9.97 Å². The number of methoxy groups -OCH3 is 1. The van der Waals surface area contributed by atoms with Crippen LogP contribution in [0.25, 0.3) is 10.2 Å². The molecular weight excluding hydrogens is 444 g/mol. The monoisotopic (exact) mass is 478 g/mol. The smallest absolute Gasteiger partial charge is 0.227 e. The van der Waals surface area contributed by atoms with Gasteiger partial charge in [-0.2, -0.15) is 0 Å². The van der Waals surface area contributed by atoms with Crippen LogP contribution in [0.3, 0.4) is 0 Å². The molecule has 34 heavy (non-hydrogen) atoms. The number of hydrogen-bond acceptors (Lipinski definition) is 6. The number of piperazine rings is 1. The molecule has 2 aliphatic rings. The van der Waals surface area contributed by atoms with Crippen LogP contribution in [0.15, 0.2) is 24.3 Å². The highest BCUT2D eigenvalue weighted by atomic mass is 32.1. The first-order chi connectivity index (χ1) is 16.6. The van der Waals surface area contributed by atoms with Crippen molar-refractivity contribution in [3.8, 4) is 5.75 Å². The molecule has 2 aromatic heterocycles. The lowest BCUT2D eigenvalue weighted by atomic mass is 9.89. The van der Waals surface area contributed by atoms with Gasteiger partial charge in [-0.05, 0) is 54.9 Å². The summed E-state index contributed by atoms with van der Waals surface area (Å²) in [4.78, 5) is 30.0. The van der Waals surface area contributed by atoms with Gasteiger partial charge in [0, 0.05) is 37.5 Å². The molecule has 5 rings (SSSR count). The first kappa shape index (κ1) is 23.1. The second kappa shape index (κ2) is 9.90. The molecule has 0 N–H and O–H groups in total. The van der Waals surface area contributed by atoms with Gasteiger partial charge in [-0.15, -0.1) is 11.3 Å². The van der Waals surface area contributed by atoms with Crippen LogP contribution in [-0.2, 0) is 30.5 Å². The van der Waals surface area contributed by atoms with Gasteiger partial charge in [0.05, 0.1) is 18.9 Å². The molecule has 7 heteroatoms. The number of anilines is 1. The summed E-state index contributed by atoms with van der Waals surface area (Å²) in [5.74, 6) is 3.80. The van der Waals surface area contributed by atoms with Gasteiger partial charge >= 0.3 is 0 Å². The first-order valence-corrected chi connectivity index (χ1v) is 13.3. The van der Waals surface area contributed by atoms with Crippen LogP contribution in [0.4, 0.5) is 5.82 Å². The van der Waals surface area contributed by atoms with Gasteiger partial charge in [0.25, 0.3) is 0 Å². The number of aryl methyl sites for hydroxylation is 2. The third kappa shape index (κ3) is 4.63. The van der Waals surface area contributed by atoms with E-state index in [4.69, 9.17) is 14.7 Å². The molecule has 1 amide bonds. The molecule has 1 unspecified atom stereocenters. The Bertz CT molecular complexity index is 1170. The van der Waals surface area contributed by atoms with Gasteiger partial charge in [0.15, 0.2) is 0 Å². The van der Waals surface area contributed by atoms with Crippen molar-refractivity contribution < 1.29 is 9.53 Å². The van der Waals surface area contributed by atoms with E-state index in [0.717, 1.165) is 85.6 Å². The fraction of sp³-hybridized carbons (Fsp3) is 0.519. The maximum atomic E-state index is 12.9. The minimum absolute atomic E-state index is 0.186. The number of carbonyl (C=O) groups excluding carboxylic acids is 1. The van der Waals surface area contributed by atoms with Crippen molar-refractivity contribution in [1.29, 1.82) is 0 Å². The zero-order chi connectivity index (χ0) is 23.7. The van der Waals surface area contributed by atoms with E-state index < -0.39 is 0 Å². The van der Waals surface area contributed by atoms with Gasteiger partial charge in [-0.3, -0.25) is 4.79 Å². The topological polar surface area (TPSA) is 58.6 Å². The van der Waals surface area contributed by atoms with E-state index in [2.05, 4.69) is 18.7 Å². The zero-order valence-electron chi connectivity index (χ0n) is 20.5. The molecule has 1 aliphatic carbocycles. The molecule has 180 valence electrons. The molecule has 0 radical (unpaired) electrons. The summed E-state index contributed by atoms with van der Waals surface area (Å²) in [7, 11) is 1.66. The number of amides is 1. The van der Waals surface area contributed by atoms with Crippen molar-refractivity contribution in [2.45, 2.75) is 52.4 Å². The Morgan fingerprint density at radius 3 is 2.62 bits per heavy atom. The quantitative estimate of drug-likeness (QED) is 0.515. The average Bonchev–Trinajstić information content (AvgIpc) is 3.21. The molecule has 1 aliphatic heterocycles. The Morgan fingerprint density at radius 2 is 1.91 bits per heavy atom. The van der Waals surface area contributed by atoms with Crippen molar-refractivity contribution in [3.05, 3.63) is 46.1 Å². The van der Waals surface area contributed by atoms with Crippen LogP contribution < -0.4 is 9.64 Å². The number of ether oxygens (including phenoxy) is 1. The van der Waals surface area contributed by atoms with Crippen molar-refractivity contribution in [2.24, 2.45) is 5.92 Å². The number of hydrogen-bond donors (Lipinski definition) is 0. The number of fused-ring (bicyclic) bond motifs is 3. The van der Waals surface area contributed by atoms with Crippen LogP contribution in [0, 0.1) is 5.92 Å². The molecular formula is C27H34N4O2S. The second-order valence-corrected chi connectivity index (χ2v) is 10.7. The lowest BCUT2D eigenvalue weighted by molar-refractivity contribution is -0.130. The molecule has 0 bridgehead atoms. The largest absolute Gasteiger partial charge is 0.497 e. The maximum Gasteiger partial charge on any atom is 0.227 e. The third-order valence-corrected chi connectivity index (χ3v) is 8.25. The summed E-state index contributed by atoms with van der Waals surface area (Å²) >= 11 is 1.88. The van der Waals surface area contributed by atoms with Crippen molar-refractivity contribution in [2.75, 3.05) is 38.2 Å². The summed E-state index contributed by atoms with van der Waals surface area (Å²) in [5, 5.41) is 1.28. The van der Waals surface area contributed by atoms with Crippen LogP contribution in [0.1, 0.15) is 48.5 Å². The Morgan fingerprint density at radius 1 is 1.15 bits per heavy atom. The first-order valence-electron chi connectivity index (χ1n) is 12.5. The SMILES string of the molecule is CCCc1nc(N2CCN(C(=O)Cc3ccc(OC)cc3)CC2)c2c3c(sc2n1)CC(C)CC3. The highest BCUT2D eigenvalue weighted by molar-refractivity contribution is 7.19. The molecule has 3 heterocycles. The van der Waals surface area contributed by atoms with Crippen LogP contribution in [-0.4, -0.2) is 54.1 Å². The predicted molar refractivity (Wildman–Crippen MR) is 138 cm³/mol. The number of benzene rings is 1. The lowest BCUT2D eigenvalue weighted by Gasteiger charge is -2.36. The maximum absolute atomic E-state index is 12.9. The number of nitrogens with zero attached hydrogens (tertiary/aromatic N) is 4. The summed E-state index contributed by atoms with van der Waals surface area (Å²) in [6.45, 7) is 7.62. The number of thiophene rings is 1. The van der Waals surface area contributed by atoms with E-state index in [1.54, 1.807) is 7.11 Å². The molecule has 1 fully saturated rings. The zero-order valence-corrected chi connectivity index (χ0v) is 21.3. The Balaban J connectivity index is 1.34. The Labute approximate surface area is 206 Å². The normalized spacial score (nSPS) is 18.3. The minimum Gasteiger partial charge on any atom is -0.497 e. The van der Waals surface area contributed by atoms with E-state index in [-0.39, 0.29) is 5.91 Å². The van der Waals surface area contributed by atoms with Crippen molar-refractivity contribution in [1.82, 2.24) is 14.9 Å². The molecule has 6 nitrogen and oxygen atoms in total. The average molecular weight is 479 g/mol. The second-order valence-electron chi connectivity index (χ2n) is 9.64.